The van der Waals surface area contributed by atoms with E-state index in [4.69, 9.17) is 5.11 Å². The van der Waals surface area contributed by atoms with E-state index in [1.54, 1.807) is 12.1 Å². The van der Waals surface area contributed by atoms with Crippen LogP contribution in [0.15, 0.2) is 71.6 Å². The molecule has 29 heavy (non-hydrogen) atoms. The molecule has 1 unspecified atom stereocenters. The zero-order chi connectivity index (χ0) is 20.6. The Morgan fingerprint density at radius 2 is 1.69 bits per heavy atom. The zero-order valence-electron chi connectivity index (χ0n) is 15.3. The van der Waals surface area contributed by atoms with Gasteiger partial charge in [-0.15, -0.1) is 0 Å². The van der Waals surface area contributed by atoms with E-state index in [-0.39, 0.29) is 23.8 Å². The lowest BCUT2D eigenvalue weighted by Crippen LogP contribution is -2.25. The average Bonchev–Trinajstić information content (AvgIpc) is 3.10. The molecule has 0 radical (unpaired) electrons. The first-order chi connectivity index (χ1) is 13.8. The number of hydrogen-bond acceptors (Lipinski definition) is 4. The number of carboxylic acids is 1. The maximum absolute atomic E-state index is 12.8. The second-order valence-corrected chi connectivity index (χ2v) is 8.55. The van der Waals surface area contributed by atoms with Gasteiger partial charge in [0.15, 0.2) is 0 Å². The van der Waals surface area contributed by atoms with Crippen molar-refractivity contribution in [2.24, 2.45) is 5.92 Å². The summed E-state index contributed by atoms with van der Waals surface area (Å²) in [6.45, 7) is 0.0779. The quantitative estimate of drug-likeness (QED) is 0.673. The lowest BCUT2D eigenvalue weighted by Gasteiger charge is -2.17. The van der Waals surface area contributed by atoms with Crippen LogP contribution in [0.3, 0.4) is 0 Å². The van der Waals surface area contributed by atoms with Crippen LogP contribution in [0.25, 0.3) is 10.8 Å². The highest BCUT2D eigenvalue weighted by atomic mass is 32.2. The van der Waals surface area contributed by atoms with Crippen molar-refractivity contribution in [2.45, 2.75) is 11.3 Å². The van der Waals surface area contributed by atoms with Crippen LogP contribution in [-0.2, 0) is 19.6 Å². The minimum absolute atomic E-state index is 0.0515. The van der Waals surface area contributed by atoms with E-state index in [0.29, 0.717) is 11.4 Å². The third kappa shape index (κ3) is 3.66. The molecule has 0 aromatic heterocycles. The van der Waals surface area contributed by atoms with E-state index in [1.165, 1.54) is 29.2 Å². The molecule has 1 fully saturated rings. The molecule has 0 saturated carbocycles. The van der Waals surface area contributed by atoms with Gasteiger partial charge < -0.3 is 10.0 Å². The Kier molecular flexibility index (Phi) is 4.71. The molecule has 148 valence electrons. The molecular weight excluding hydrogens is 392 g/mol. The summed E-state index contributed by atoms with van der Waals surface area (Å²) in [6, 6.07) is 18.7. The Balaban J connectivity index is 1.58. The van der Waals surface area contributed by atoms with Crippen LogP contribution in [0.2, 0.25) is 0 Å². The van der Waals surface area contributed by atoms with Crippen molar-refractivity contribution in [1.82, 2.24) is 0 Å². The van der Waals surface area contributed by atoms with E-state index < -0.39 is 21.9 Å². The van der Waals surface area contributed by atoms with Gasteiger partial charge in [0.2, 0.25) is 5.91 Å². The number of nitrogens with one attached hydrogen (secondary N) is 1. The Bertz CT molecular complexity index is 1200. The summed E-state index contributed by atoms with van der Waals surface area (Å²) in [5.74, 6) is -2.06. The van der Waals surface area contributed by atoms with Crippen molar-refractivity contribution in [1.29, 1.82) is 0 Å². The minimum atomic E-state index is -3.83. The summed E-state index contributed by atoms with van der Waals surface area (Å²) in [6.07, 6.45) is -0.0575. The number of sulfonamides is 1. The Labute approximate surface area is 167 Å². The van der Waals surface area contributed by atoms with Crippen LogP contribution in [-0.4, -0.2) is 31.9 Å². The molecule has 0 bridgehead atoms. The fourth-order valence-electron chi connectivity index (χ4n) is 3.45. The predicted octanol–water partition coefficient (Wildman–Crippen LogP) is 3.08. The second kappa shape index (κ2) is 7.21. The van der Waals surface area contributed by atoms with E-state index in [1.807, 2.05) is 30.3 Å². The van der Waals surface area contributed by atoms with Gasteiger partial charge in [-0.2, -0.15) is 0 Å². The molecular formula is C21H18N2O5S. The van der Waals surface area contributed by atoms with Gasteiger partial charge in [-0.05, 0) is 35.7 Å². The predicted molar refractivity (Wildman–Crippen MR) is 109 cm³/mol. The van der Waals surface area contributed by atoms with Gasteiger partial charge in [0.05, 0.1) is 16.5 Å². The first-order valence-corrected chi connectivity index (χ1v) is 10.5. The van der Waals surface area contributed by atoms with Gasteiger partial charge in [-0.25, -0.2) is 8.42 Å². The van der Waals surface area contributed by atoms with Crippen LogP contribution < -0.4 is 9.62 Å². The number of carboxylic acid groups (broad SMARTS) is 1. The highest BCUT2D eigenvalue weighted by Crippen LogP contribution is 2.28. The largest absolute Gasteiger partial charge is 0.481 e. The minimum Gasteiger partial charge on any atom is -0.481 e. The average molecular weight is 410 g/mol. The Morgan fingerprint density at radius 1 is 1.00 bits per heavy atom. The van der Waals surface area contributed by atoms with Crippen LogP contribution in [0.1, 0.15) is 6.42 Å². The van der Waals surface area contributed by atoms with E-state index in [0.717, 1.165) is 10.8 Å². The Hall–Kier alpha value is -3.39. The van der Waals surface area contributed by atoms with Crippen molar-refractivity contribution < 1.29 is 23.1 Å². The van der Waals surface area contributed by atoms with Gasteiger partial charge >= 0.3 is 5.97 Å². The molecule has 2 N–H and O–H groups in total. The van der Waals surface area contributed by atoms with E-state index in [2.05, 4.69) is 4.72 Å². The molecule has 0 aliphatic carbocycles. The summed E-state index contributed by atoms with van der Waals surface area (Å²) in [5.41, 5.74) is 0.953. The number of anilines is 2. The maximum atomic E-state index is 12.8. The number of aliphatic carboxylic acids is 1. The second-order valence-electron chi connectivity index (χ2n) is 6.87. The molecule has 3 aromatic carbocycles. The monoisotopic (exact) mass is 410 g/mol. The van der Waals surface area contributed by atoms with Crippen LogP contribution >= 0.6 is 0 Å². The number of carbonyl (C=O) groups excluding carboxylic acids is 1. The van der Waals surface area contributed by atoms with Crippen molar-refractivity contribution >= 4 is 44.0 Å². The molecule has 1 saturated heterocycles. The summed E-state index contributed by atoms with van der Waals surface area (Å²) in [5, 5.41) is 10.8. The van der Waals surface area contributed by atoms with Gasteiger partial charge in [0.1, 0.15) is 0 Å². The van der Waals surface area contributed by atoms with Crippen LogP contribution in [0.4, 0.5) is 11.4 Å². The number of amides is 1. The number of fused-ring (bicyclic) bond motifs is 1. The third-order valence-electron chi connectivity index (χ3n) is 4.97. The molecule has 1 aliphatic heterocycles. The molecule has 1 heterocycles. The summed E-state index contributed by atoms with van der Waals surface area (Å²) in [4.78, 5) is 24.6. The fourth-order valence-corrected chi connectivity index (χ4v) is 4.53. The van der Waals surface area contributed by atoms with Crippen molar-refractivity contribution in [3.63, 3.8) is 0 Å². The molecule has 7 nitrogen and oxygen atoms in total. The van der Waals surface area contributed by atoms with Gasteiger partial charge in [0, 0.05) is 24.0 Å². The first-order valence-electron chi connectivity index (χ1n) is 8.99. The summed E-state index contributed by atoms with van der Waals surface area (Å²) < 4.78 is 28.2. The first kappa shape index (κ1) is 18.9. The number of hydrogen-bond donors (Lipinski definition) is 2. The van der Waals surface area contributed by atoms with Gasteiger partial charge in [-0.3, -0.25) is 14.3 Å². The normalized spacial score (nSPS) is 16.9. The maximum Gasteiger partial charge on any atom is 0.308 e. The van der Waals surface area contributed by atoms with Crippen LogP contribution in [0.5, 0.6) is 0 Å². The number of rotatable bonds is 5. The summed E-state index contributed by atoms with van der Waals surface area (Å²) in [7, 11) is -3.83. The lowest BCUT2D eigenvalue weighted by molar-refractivity contribution is -0.141. The highest BCUT2D eigenvalue weighted by Gasteiger charge is 2.35. The molecule has 4 rings (SSSR count). The summed E-state index contributed by atoms with van der Waals surface area (Å²) >= 11 is 0. The van der Waals surface area contributed by atoms with Crippen molar-refractivity contribution in [3.05, 3.63) is 66.7 Å². The lowest BCUT2D eigenvalue weighted by atomic mass is 10.1. The SMILES string of the molecule is O=C(O)C1CC(=O)N(c2ccc(S(=O)(=O)Nc3cccc4ccccc34)cc2)C1. The van der Waals surface area contributed by atoms with Gasteiger partial charge in [-0.1, -0.05) is 36.4 Å². The Morgan fingerprint density at radius 3 is 2.38 bits per heavy atom. The van der Waals surface area contributed by atoms with Crippen molar-refractivity contribution in [3.8, 4) is 0 Å². The third-order valence-corrected chi connectivity index (χ3v) is 6.35. The number of nitrogens with zero attached hydrogens (tertiary/aromatic N) is 1. The number of benzene rings is 3. The fraction of sp³-hybridized carbons (Fsp3) is 0.143. The smallest absolute Gasteiger partial charge is 0.308 e. The molecule has 0 spiro atoms. The standard InChI is InChI=1S/C21H18N2O5S/c24-20-12-15(21(25)26)13-23(20)16-8-10-17(11-9-16)29(27,28)22-19-7-3-5-14-4-1-2-6-18(14)19/h1-11,15,22H,12-13H2,(H,25,26). The topological polar surface area (TPSA) is 104 Å². The highest BCUT2D eigenvalue weighted by molar-refractivity contribution is 7.92. The van der Waals surface area contributed by atoms with Crippen LogP contribution in [0, 0.1) is 5.92 Å². The van der Waals surface area contributed by atoms with E-state index in [9.17, 15) is 18.0 Å². The zero-order valence-corrected chi connectivity index (χ0v) is 16.1. The molecule has 1 aliphatic rings. The molecule has 1 atom stereocenters. The van der Waals surface area contributed by atoms with Crippen molar-refractivity contribution in [2.75, 3.05) is 16.2 Å². The van der Waals surface area contributed by atoms with E-state index >= 15 is 0 Å². The molecule has 3 aromatic rings. The van der Waals surface area contributed by atoms with Gasteiger partial charge in [0.25, 0.3) is 10.0 Å². The number of carbonyl (C=O) groups is 2. The molecule has 1 amide bonds. The molecule has 8 heteroatoms.